The standard InChI is InChI=1S/C9H13N3O2/c13-8(14)5-7-6-10-9(11-7)12-3-1-2-4-12/h6H,1-5H2,(H,10,11)(H,13,14). The summed E-state index contributed by atoms with van der Waals surface area (Å²) < 4.78 is 0. The predicted octanol–water partition coefficient (Wildman–Crippen LogP) is 0.637. The minimum Gasteiger partial charge on any atom is -0.481 e. The van der Waals surface area contributed by atoms with Crippen LogP contribution in [0.3, 0.4) is 0 Å². The van der Waals surface area contributed by atoms with E-state index >= 15 is 0 Å². The van der Waals surface area contributed by atoms with Crippen LogP contribution in [0.4, 0.5) is 5.95 Å². The molecule has 1 aliphatic heterocycles. The topological polar surface area (TPSA) is 69.2 Å². The van der Waals surface area contributed by atoms with E-state index < -0.39 is 5.97 Å². The molecule has 1 fully saturated rings. The van der Waals surface area contributed by atoms with Crippen molar-refractivity contribution in [1.82, 2.24) is 9.97 Å². The van der Waals surface area contributed by atoms with Crippen LogP contribution < -0.4 is 4.90 Å². The Kier molecular flexibility index (Phi) is 2.39. The predicted molar refractivity (Wildman–Crippen MR) is 51.4 cm³/mol. The summed E-state index contributed by atoms with van der Waals surface area (Å²) in [6.45, 7) is 2.03. The van der Waals surface area contributed by atoms with Gasteiger partial charge >= 0.3 is 5.97 Å². The number of nitrogens with zero attached hydrogens (tertiary/aromatic N) is 2. The molecule has 14 heavy (non-hydrogen) atoms. The van der Waals surface area contributed by atoms with E-state index in [9.17, 15) is 4.79 Å². The zero-order valence-electron chi connectivity index (χ0n) is 7.86. The lowest BCUT2D eigenvalue weighted by Gasteiger charge is -2.12. The third kappa shape index (κ3) is 1.86. The number of H-pyrrole nitrogens is 1. The maximum Gasteiger partial charge on any atom is 0.309 e. The van der Waals surface area contributed by atoms with Gasteiger partial charge in [0.1, 0.15) is 0 Å². The molecule has 2 heterocycles. The molecule has 0 saturated carbocycles. The highest BCUT2D eigenvalue weighted by atomic mass is 16.4. The minimum absolute atomic E-state index is 0.0147. The fourth-order valence-corrected chi connectivity index (χ4v) is 1.69. The highest BCUT2D eigenvalue weighted by Crippen LogP contribution is 2.16. The van der Waals surface area contributed by atoms with Crippen molar-refractivity contribution in [2.45, 2.75) is 19.3 Å². The van der Waals surface area contributed by atoms with E-state index in [2.05, 4.69) is 14.9 Å². The summed E-state index contributed by atoms with van der Waals surface area (Å²) >= 11 is 0. The molecule has 76 valence electrons. The van der Waals surface area contributed by atoms with Gasteiger partial charge in [0.2, 0.25) is 5.95 Å². The van der Waals surface area contributed by atoms with Crippen molar-refractivity contribution in [3.05, 3.63) is 11.9 Å². The summed E-state index contributed by atoms with van der Waals surface area (Å²) in [6, 6.07) is 0. The van der Waals surface area contributed by atoms with Gasteiger partial charge in [-0.05, 0) is 12.8 Å². The van der Waals surface area contributed by atoms with Crippen LogP contribution in [0.1, 0.15) is 18.5 Å². The summed E-state index contributed by atoms with van der Waals surface area (Å²) in [7, 11) is 0. The molecule has 0 bridgehead atoms. The quantitative estimate of drug-likeness (QED) is 0.742. The maximum atomic E-state index is 10.4. The molecule has 0 amide bonds. The van der Waals surface area contributed by atoms with Gasteiger partial charge in [0.25, 0.3) is 0 Å². The number of hydrogen-bond acceptors (Lipinski definition) is 3. The average Bonchev–Trinajstić information content (AvgIpc) is 2.69. The zero-order chi connectivity index (χ0) is 9.97. The molecule has 0 aromatic carbocycles. The minimum atomic E-state index is -0.832. The number of hydrogen-bond donors (Lipinski definition) is 2. The first-order valence-electron chi connectivity index (χ1n) is 4.76. The monoisotopic (exact) mass is 195 g/mol. The van der Waals surface area contributed by atoms with Gasteiger partial charge < -0.3 is 15.0 Å². The van der Waals surface area contributed by atoms with Crippen molar-refractivity contribution in [3.8, 4) is 0 Å². The summed E-state index contributed by atoms with van der Waals surface area (Å²) in [5.41, 5.74) is 0.666. The van der Waals surface area contributed by atoms with Crippen LogP contribution in [0.15, 0.2) is 6.20 Å². The van der Waals surface area contributed by atoms with Crippen LogP contribution in [-0.4, -0.2) is 34.1 Å². The molecule has 1 saturated heterocycles. The fourth-order valence-electron chi connectivity index (χ4n) is 1.69. The summed E-state index contributed by atoms with van der Waals surface area (Å²) in [5.74, 6) is -0.0274. The number of carboxylic acid groups (broad SMARTS) is 1. The number of imidazole rings is 1. The first-order chi connectivity index (χ1) is 6.75. The van der Waals surface area contributed by atoms with Crippen LogP contribution in [0, 0.1) is 0 Å². The fraction of sp³-hybridized carbons (Fsp3) is 0.556. The molecular formula is C9H13N3O2. The summed E-state index contributed by atoms with van der Waals surface area (Å²) in [6.07, 6.45) is 3.99. The Hall–Kier alpha value is -1.52. The van der Waals surface area contributed by atoms with Gasteiger partial charge in [-0.25, -0.2) is 4.98 Å². The molecule has 1 aromatic heterocycles. The molecule has 2 N–H and O–H groups in total. The normalized spacial score (nSPS) is 16.1. The van der Waals surface area contributed by atoms with Crippen molar-refractivity contribution in [3.63, 3.8) is 0 Å². The molecule has 0 spiro atoms. The van der Waals surface area contributed by atoms with Crippen LogP contribution in [-0.2, 0) is 11.2 Å². The second-order valence-electron chi connectivity index (χ2n) is 3.50. The second kappa shape index (κ2) is 3.69. The van der Waals surface area contributed by atoms with E-state index in [0.717, 1.165) is 19.0 Å². The molecule has 1 aliphatic rings. The maximum absolute atomic E-state index is 10.4. The zero-order valence-corrected chi connectivity index (χ0v) is 7.86. The molecule has 1 aromatic rings. The lowest BCUT2D eigenvalue weighted by atomic mass is 10.3. The number of rotatable bonds is 3. The molecule has 0 aliphatic carbocycles. The lowest BCUT2D eigenvalue weighted by Crippen LogP contribution is -2.18. The number of carbonyl (C=O) groups is 1. The van der Waals surface area contributed by atoms with Crippen molar-refractivity contribution < 1.29 is 9.90 Å². The lowest BCUT2D eigenvalue weighted by molar-refractivity contribution is -0.136. The van der Waals surface area contributed by atoms with E-state index in [1.54, 1.807) is 6.20 Å². The molecule has 0 radical (unpaired) electrons. The van der Waals surface area contributed by atoms with Crippen molar-refractivity contribution in [2.75, 3.05) is 18.0 Å². The number of aromatic amines is 1. The average molecular weight is 195 g/mol. The van der Waals surface area contributed by atoms with Gasteiger partial charge in [0, 0.05) is 18.8 Å². The molecular weight excluding hydrogens is 182 g/mol. The SMILES string of the molecule is O=C(O)Cc1cnc(N2CCCC2)[nH]1. The molecule has 5 nitrogen and oxygen atoms in total. The number of aliphatic carboxylic acids is 1. The van der Waals surface area contributed by atoms with E-state index in [-0.39, 0.29) is 6.42 Å². The number of nitrogens with one attached hydrogen (secondary N) is 1. The third-order valence-electron chi connectivity index (χ3n) is 2.36. The van der Waals surface area contributed by atoms with Crippen LogP contribution in [0.25, 0.3) is 0 Å². The Balaban J connectivity index is 2.05. The highest BCUT2D eigenvalue weighted by molar-refractivity contribution is 5.69. The molecule has 0 atom stereocenters. The van der Waals surface area contributed by atoms with Crippen LogP contribution in [0.5, 0.6) is 0 Å². The van der Waals surface area contributed by atoms with Gasteiger partial charge in [0.05, 0.1) is 12.6 Å². The van der Waals surface area contributed by atoms with Gasteiger partial charge in [-0.3, -0.25) is 4.79 Å². The van der Waals surface area contributed by atoms with Gasteiger partial charge in [0.15, 0.2) is 0 Å². The second-order valence-corrected chi connectivity index (χ2v) is 3.50. The van der Waals surface area contributed by atoms with E-state index in [1.807, 2.05) is 0 Å². The third-order valence-corrected chi connectivity index (χ3v) is 2.36. The van der Waals surface area contributed by atoms with E-state index in [0.29, 0.717) is 5.69 Å². The Bertz CT molecular complexity index is 329. The largest absolute Gasteiger partial charge is 0.481 e. The number of aromatic nitrogens is 2. The smallest absolute Gasteiger partial charge is 0.309 e. The molecule has 5 heteroatoms. The molecule has 0 unspecified atom stereocenters. The van der Waals surface area contributed by atoms with E-state index in [4.69, 9.17) is 5.11 Å². The van der Waals surface area contributed by atoms with Crippen molar-refractivity contribution in [2.24, 2.45) is 0 Å². The van der Waals surface area contributed by atoms with Gasteiger partial charge in [-0.1, -0.05) is 0 Å². The summed E-state index contributed by atoms with van der Waals surface area (Å²) in [4.78, 5) is 19.8. The van der Waals surface area contributed by atoms with Gasteiger partial charge in [-0.15, -0.1) is 0 Å². The van der Waals surface area contributed by atoms with Gasteiger partial charge in [-0.2, -0.15) is 0 Å². The van der Waals surface area contributed by atoms with Crippen molar-refractivity contribution >= 4 is 11.9 Å². The summed E-state index contributed by atoms with van der Waals surface area (Å²) in [5, 5.41) is 8.58. The highest BCUT2D eigenvalue weighted by Gasteiger charge is 2.15. The number of carboxylic acids is 1. The first kappa shape index (κ1) is 9.05. The van der Waals surface area contributed by atoms with Crippen molar-refractivity contribution in [1.29, 1.82) is 0 Å². The first-order valence-corrected chi connectivity index (χ1v) is 4.76. The Morgan fingerprint density at radius 1 is 1.57 bits per heavy atom. The van der Waals surface area contributed by atoms with Crippen LogP contribution in [0.2, 0.25) is 0 Å². The Morgan fingerprint density at radius 2 is 2.29 bits per heavy atom. The molecule has 2 rings (SSSR count). The van der Waals surface area contributed by atoms with Crippen LogP contribution >= 0.6 is 0 Å². The Morgan fingerprint density at radius 3 is 2.93 bits per heavy atom. The van der Waals surface area contributed by atoms with E-state index in [1.165, 1.54) is 12.8 Å². The Labute approximate surface area is 81.8 Å². The number of anilines is 1.